The molecule has 2 aromatic heterocycles. The minimum atomic E-state index is 0.0599. The van der Waals surface area contributed by atoms with Crippen molar-refractivity contribution >= 4 is 11.6 Å². The lowest BCUT2D eigenvalue weighted by atomic mass is 10.0. The summed E-state index contributed by atoms with van der Waals surface area (Å²) < 4.78 is 7.39. The van der Waals surface area contributed by atoms with Crippen LogP contribution in [-0.4, -0.2) is 46.5 Å². The van der Waals surface area contributed by atoms with Crippen molar-refractivity contribution in [2.24, 2.45) is 11.8 Å². The number of imidazole rings is 1. The van der Waals surface area contributed by atoms with E-state index < -0.39 is 0 Å². The molecule has 1 saturated carbocycles. The van der Waals surface area contributed by atoms with E-state index in [1.54, 1.807) is 7.11 Å². The lowest BCUT2D eigenvalue weighted by Crippen LogP contribution is -2.30. The van der Waals surface area contributed by atoms with Crippen LogP contribution < -0.4 is 0 Å². The van der Waals surface area contributed by atoms with E-state index in [-0.39, 0.29) is 5.91 Å². The number of fused-ring (bicyclic) bond motifs is 2. The number of hydrogen-bond acceptors (Lipinski definition) is 3. The van der Waals surface area contributed by atoms with Crippen molar-refractivity contribution < 1.29 is 9.53 Å². The molecule has 1 saturated heterocycles. The number of aromatic nitrogens is 2. The summed E-state index contributed by atoms with van der Waals surface area (Å²) in [5.74, 6) is 1.24. The molecule has 1 amide bonds. The highest BCUT2D eigenvalue weighted by molar-refractivity contribution is 5.93. The van der Waals surface area contributed by atoms with Gasteiger partial charge in [0.2, 0.25) is 0 Å². The van der Waals surface area contributed by atoms with E-state index in [1.807, 2.05) is 40.8 Å². The van der Waals surface area contributed by atoms with E-state index in [1.165, 1.54) is 0 Å². The molecule has 5 heteroatoms. The Morgan fingerprint density at radius 2 is 1.95 bits per heavy atom. The Morgan fingerprint density at radius 3 is 2.64 bits per heavy atom. The second-order valence-corrected chi connectivity index (χ2v) is 6.66. The summed E-state index contributed by atoms with van der Waals surface area (Å²) in [6, 6.07) is 3.97. The highest BCUT2D eigenvalue weighted by Gasteiger charge is 2.42. The van der Waals surface area contributed by atoms with E-state index in [2.05, 4.69) is 4.98 Å². The highest BCUT2D eigenvalue weighted by atomic mass is 16.5. The van der Waals surface area contributed by atoms with Crippen molar-refractivity contribution in [2.45, 2.75) is 25.9 Å². The van der Waals surface area contributed by atoms with Gasteiger partial charge < -0.3 is 14.0 Å². The molecule has 2 fully saturated rings. The molecule has 1 aliphatic carbocycles. The normalized spacial score (nSPS) is 27.5. The highest BCUT2D eigenvalue weighted by Crippen LogP contribution is 2.39. The molecule has 5 nitrogen and oxygen atoms in total. The molecule has 3 atom stereocenters. The van der Waals surface area contributed by atoms with E-state index in [0.29, 0.717) is 23.6 Å². The van der Waals surface area contributed by atoms with Gasteiger partial charge in [-0.05, 0) is 43.2 Å². The third-order valence-corrected chi connectivity index (χ3v) is 5.15. The molecular weight excluding hydrogens is 278 g/mol. The van der Waals surface area contributed by atoms with Gasteiger partial charge in [-0.15, -0.1) is 0 Å². The third kappa shape index (κ3) is 2.20. The van der Waals surface area contributed by atoms with E-state index in [0.717, 1.165) is 37.1 Å². The molecule has 0 N–H and O–H groups in total. The number of carbonyl (C=O) groups is 1. The van der Waals surface area contributed by atoms with Crippen molar-refractivity contribution in [3.63, 3.8) is 0 Å². The maximum Gasteiger partial charge on any atom is 0.274 e. The summed E-state index contributed by atoms with van der Waals surface area (Å²) in [5.41, 5.74) is 2.53. The Labute approximate surface area is 129 Å². The number of pyridine rings is 1. The minimum Gasteiger partial charge on any atom is -0.381 e. The number of likely N-dealkylation sites (tertiary alicyclic amines) is 1. The fourth-order valence-corrected chi connectivity index (χ4v) is 3.97. The fourth-order valence-electron chi connectivity index (χ4n) is 3.97. The van der Waals surface area contributed by atoms with E-state index in [4.69, 9.17) is 4.74 Å². The first-order chi connectivity index (χ1) is 10.6. The second-order valence-electron chi connectivity index (χ2n) is 6.66. The molecule has 0 aromatic carbocycles. The molecule has 0 spiro atoms. The van der Waals surface area contributed by atoms with Crippen molar-refractivity contribution in [3.8, 4) is 0 Å². The summed E-state index contributed by atoms with van der Waals surface area (Å²) in [6.45, 7) is 3.72. The molecule has 0 bridgehead atoms. The minimum absolute atomic E-state index is 0.0599. The van der Waals surface area contributed by atoms with Crippen LogP contribution in [0.1, 0.15) is 28.9 Å². The number of carbonyl (C=O) groups excluding carboxylic acids is 1. The SMILES string of the molecule is COC1C[C@@H]2CN(C(=O)c3cn4cc(C)ccc4n3)C[C@@H]2C1. The molecule has 2 aliphatic rings. The summed E-state index contributed by atoms with van der Waals surface area (Å²) in [6.07, 6.45) is 6.38. The largest absolute Gasteiger partial charge is 0.381 e. The van der Waals surface area contributed by atoms with Gasteiger partial charge in [-0.25, -0.2) is 4.98 Å². The van der Waals surface area contributed by atoms with Crippen LogP contribution in [0.15, 0.2) is 24.5 Å². The fraction of sp³-hybridized carbons (Fsp3) is 0.529. The number of amides is 1. The summed E-state index contributed by atoms with van der Waals surface area (Å²) in [5, 5.41) is 0. The van der Waals surface area contributed by atoms with Crippen LogP contribution >= 0.6 is 0 Å². The second kappa shape index (κ2) is 5.09. The van der Waals surface area contributed by atoms with Crippen LogP contribution in [0.4, 0.5) is 0 Å². The van der Waals surface area contributed by atoms with Gasteiger partial charge in [0.1, 0.15) is 11.3 Å². The Balaban J connectivity index is 1.52. The Morgan fingerprint density at radius 1 is 1.23 bits per heavy atom. The van der Waals surface area contributed by atoms with Gasteiger partial charge in [-0.3, -0.25) is 4.79 Å². The number of methoxy groups -OCH3 is 1. The van der Waals surface area contributed by atoms with Crippen LogP contribution in [-0.2, 0) is 4.74 Å². The van der Waals surface area contributed by atoms with Crippen molar-refractivity contribution in [1.29, 1.82) is 0 Å². The summed E-state index contributed by atoms with van der Waals surface area (Å²) >= 11 is 0. The molecule has 0 radical (unpaired) electrons. The first-order valence-electron chi connectivity index (χ1n) is 7.91. The Hall–Kier alpha value is -1.88. The van der Waals surface area contributed by atoms with Gasteiger partial charge in [0.15, 0.2) is 0 Å². The Bertz CT molecular complexity index is 710. The average Bonchev–Trinajstić information content (AvgIpc) is 3.17. The summed E-state index contributed by atoms with van der Waals surface area (Å²) in [7, 11) is 1.79. The lowest BCUT2D eigenvalue weighted by molar-refractivity contribution is 0.0727. The zero-order valence-corrected chi connectivity index (χ0v) is 13.0. The van der Waals surface area contributed by atoms with Gasteiger partial charge in [-0.2, -0.15) is 0 Å². The zero-order chi connectivity index (χ0) is 15.3. The van der Waals surface area contributed by atoms with Crippen LogP contribution in [0.25, 0.3) is 5.65 Å². The standard InChI is InChI=1S/C17H21N3O2/c1-11-3-4-16-18-15(10-19(16)7-11)17(21)20-8-12-5-14(22-2)6-13(12)9-20/h3-4,7,10,12-14H,5-6,8-9H2,1-2H3/t12-,13+,14?. The van der Waals surface area contributed by atoms with Crippen LogP contribution in [0.3, 0.4) is 0 Å². The lowest BCUT2D eigenvalue weighted by Gasteiger charge is -2.17. The van der Waals surface area contributed by atoms with Crippen LogP contribution in [0, 0.1) is 18.8 Å². The van der Waals surface area contributed by atoms with Gasteiger partial charge in [0.25, 0.3) is 5.91 Å². The van der Waals surface area contributed by atoms with Gasteiger partial charge in [0.05, 0.1) is 6.10 Å². The molecule has 4 rings (SSSR count). The molecule has 22 heavy (non-hydrogen) atoms. The van der Waals surface area contributed by atoms with Crippen molar-refractivity contribution in [1.82, 2.24) is 14.3 Å². The molecule has 3 heterocycles. The first-order valence-corrected chi connectivity index (χ1v) is 7.91. The quantitative estimate of drug-likeness (QED) is 0.853. The Kier molecular flexibility index (Phi) is 3.18. The number of ether oxygens (including phenoxy) is 1. The topological polar surface area (TPSA) is 46.8 Å². The summed E-state index contributed by atoms with van der Waals surface area (Å²) in [4.78, 5) is 19.1. The predicted octanol–water partition coefficient (Wildman–Crippen LogP) is 2.14. The first kappa shape index (κ1) is 13.8. The number of rotatable bonds is 2. The van der Waals surface area contributed by atoms with E-state index >= 15 is 0 Å². The zero-order valence-electron chi connectivity index (χ0n) is 13.0. The maximum absolute atomic E-state index is 12.7. The third-order valence-electron chi connectivity index (χ3n) is 5.15. The van der Waals surface area contributed by atoms with Crippen molar-refractivity contribution in [3.05, 3.63) is 35.8 Å². The molecule has 1 unspecified atom stereocenters. The number of aryl methyl sites for hydroxylation is 1. The molecule has 2 aromatic rings. The van der Waals surface area contributed by atoms with Gasteiger partial charge in [-0.1, -0.05) is 6.07 Å². The average molecular weight is 299 g/mol. The monoisotopic (exact) mass is 299 g/mol. The van der Waals surface area contributed by atoms with Crippen LogP contribution in [0.2, 0.25) is 0 Å². The van der Waals surface area contributed by atoms with Crippen LogP contribution in [0.5, 0.6) is 0 Å². The predicted molar refractivity (Wildman–Crippen MR) is 82.8 cm³/mol. The number of hydrogen-bond donors (Lipinski definition) is 0. The molecule has 116 valence electrons. The van der Waals surface area contributed by atoms with E-state index in [9.17, 15) is 4.79 Å². The number of nitrogens with zero attached hydrogens (tertiary/aromatic N) is 3. The van der Waals surface area contributed by atoms with Gasteiger partial charge in [0, 0.05) is 32.6 Å². The smallest absolute Gasteiger partial charge is 0.274 e. The maximum atomic E-state index is 12.7. The van der Waals surface area contributed by atoms with Crippen molar-refractivity contribution in [2.75, 3.05) is 20.2 Å². The molecule has 1 aliphatic heterocycles. The molecular formula is C17H21N3O2. The van der Waals surface area contributed by atoms with Gasteiger partial charge >= 0.3 is 0 Å².